The molecule has 0 aliphatic heterocycles. The lowest BCUT2D eigenvalue weighted by Gasteiger charge is -2.31. The van der Waals surface area contributed by atoms with Crippen LogP contribution < -0.4 is 9.62 Å². The van der Waals surface area contributed by atoms with E-state index in [0.29, 0.717) is 5.02 Å². The highest BCUT2D eigenvalue weighted by molar-refractivity contribution is 7.92. The molecule has 0 unspecified atom stereocenters. The maximum Gasteiger partial charge on any atom is 0.244 e. The zero-order valence-corrected chi connectivity index (χ0v) is 19.0. The van der Waals surface area contributed by atoms with E-state index >= 15 is 0 Å². The van der Waals surface area contributed by atoms with E-state index in [1.165, 1.54) is 18.0 Å². The molecule has 0 spiro atoms. The summed E-state index contributed by atoms with van der Waals surface area (Å²) in [6.45, 7) is 3.25. The van der Waals surface area contributed by atoms with Crippen molar-refractivity contribution in [2.24, 2.45) is 0 Å². The van der Waals surface area contributed by atoms with Crippen molar-refractivity contribution in [2.75, 3.05) is 24.2 Å². The van der Waals surface area contributed by atoms with Gasteiger partial charge in [0.05, 0.1) is 11.9 Å². The molecule has 0 radical (unpaired) electrons. The number of likely N-dealkylation sites (N-methyl/N-ethyl adjacent to an activating group) is 1. The number of aryl methyl sites for hydroxylation is 1. The first-order chi connectivity index (χ1) is 14.0. The maximum absolute atomic E-state index is 13.2. The molecule has 0 aliphatic rings. The van der Waals surface area contributed by atoms with Crippen molar-refractivity contribution in [3.05, 3.63) is 64.7 Å². The van der Waals surface area contributed by atoms with Crippen molar-refractivity contribution in [1.29, 1.82) is 0 Å². The summed E-state index contributed by atoms with van der Waals surface area (Å²) >= 11 is 6.00. The van der Waals surface area contributed by atoms with Gasteiger partial charge in [-0.05, 0) is 43.2 Å². The molecule has 1 atom stereocenters. The van der Waals surface area contributed by atoms with E-state index in [2.05, 4.69) is 5.32 Å². The van der Waals surface area contributed by atoms with E-state index in [9.17, 15) is 18.0 Å². The van der Waals surface area contributed by atoms with Crippen molar-refractivity contribution in [3.8, 4) is 0 Å². The quantitative estimate of drug-likeness (QED) is 0.668. The molecule has 9 heteroatoms. The molecule has 0 saturated carbocycles. The monoisotopic (exact) mass is 451 g/mol. The van der Waals surface area contributed by atoms with Crippen molar-refractivity contribution < 1.29 is 18.0 Å². The van der Waals surface area contributed by atoms with Gasteiger partial charge in [-0.25, -0.2) is 8.42 Å². The number of benzene rings is 2. The number of rotatable bonds is 8. The smallest absolute Gasteiger partial charge is 0.244 e. The Labute approximate surface area is 182 Å². The minimum atomic E-state index is -3.77. The zero-order chi connectivity index (χ0) is 22.5. The molecule has 2 aromatic carbocycles. The summed E-state index contributed by atoms with van der Waals surface area (Å²) in [5, 5.41) is 2.89. The Morgan fingerprint density at radius 2 is 1.80 bits per heavy atom. The fourth-order valence-corrected chi connectivity index (χ4v) is 4.03. The second-order valence-electron chi connectivity index (χ2n) is 6.99. The maximum atomic E-state index is 13.2. The first-order valence-corrected chi connectivity index (χ1v) is 11.6. The highest BCUT2D eigenvalue weighted by atomic mass is 35.5. The molecule has 30 heavy (non-hydrogen) atoms. The third-order valence-corrected chi connectivity index (χ3v) is 6.17. The van der Waals surface area contributed by atoms with Gasteiger partial charge < -0.3 is 10.2 Å². The normalized spacial score (nSPS) is 12.2. The first-order valence-electron chi connectivity index (χ1n) is 9.33. The molecule has 0 fully saturated rings. The molecule has 0 saturated heterocycles. The number of nitrogens with zero attached hydrogens (tertiary/aromatic N) is 2. The standard InChI is InChI=1S/C21H26ClN3O4S/c1-15-8-5-6-9-17(15)13-24(16(2)21(27)23-3)20(26)14-25(30(4,28)29)19-11-7-10-18(22)12-19/h5-12,16H,13-14H2,1-4H3,(H,23,27)/t16-/m0/s1. The fourth-order valence-electron chi connectivity index (χ4n) is 3.01. The Kier molecular flexibility index (Phi) is 7.86. The molecule has 0 aliphatic carbocycles. The van der Waals surface area contributed by atoms with E-state index in [-0.39, 0.29) is 18.1 Å². The topological polar surface area (TPSA) is 86.8 Å². The van der Waals surface area contributed by atoms with Gasteiger partial charge in [0, 0.05) is 18.6 Å². The van der Waals surface area contributed by atoms with Crippen molar-refractivity contribution in [1.82, 2.24) is 10.2 Å². The molecule has 0 aromatic heterocycles. The van der Waals surface area contributed by atoms with E-state index in [0.717, 1.165) is 21.7 Å². The molecular formula is C21H26ClN3O4S. The molecule has 0 bridgehead atoms. The van der Waals surface area contributed by atoms with Gasteiger partial charge in [-0.15, -0.1) is 0 Å². The number of nitrogens with one attached hydrogen (secondary N) is 1. The molecular weight excluding hydrogens is 426 g/mol. The summed E-state index contributed by atoms with van der Waals surface area (Å²) in [6.07, 6.45) is 1.02. The number of carbonyl (C=O) groups excluding carboxylic acids is 2. The Morgan fingerprint density at radius 3 is 2.37 bits per heavy atom. The van der Waals surface area contributed by atoms with Crippen molar-refractivity contribution >= 4 is 39.1 Å². The minimum absolute atomic E-state index is 0.174. The molecule has 0 heterocycles. The van der Waals surface area contributed by atoms with Crippen LogP contribution in [0.1, 0.15) is 18.1 Å². The van der Waals surface area contributed by atoms with Gasteiger partial charge in [0.2, 0.25) is 21.8 Å². The molecule has 2 amide bonds. The van der Waals surface area contributed by atoms with Crippen molar-refractivity contribution in [2.45, 2.75) is 26.4 Å². The summed E-state index contributed by atoms with van der Waals surface area (Å²) < 4.78 is 25.8. The van der Waals surface area contributed by atoms with Gasteiger partial charge in [0.1, 0.15) is 12.6 Å². The van der Waals surface area contributed by atoms with Gasteiger partial charge in [-0.1, -0.05) is 41.9 Å². The highest BCUT2D eigenvalue weighted by Crippen LogP contribution is 2.22. The highest BCUT2D eigenvalue weighted by Gasteiger charge is 2.29. The van der Waals surface area contributed by atoms with Crippen LogP contribution in [0.25, 0.3) is 0 Å². The Balaban J connectivity index is 2.40. The Hall–Kier alpha value is -2.58. The second-order valence-corrected chi connectivity index (χ2v) is 9.33. The summed E-state index contributed by atoms with van der Waals surface area (Å²) in [5.41, 5.74) is 2.12. The van der Waals surface area contributed by atoms with Crippen LogP contribution in [0, 0.1) is 6.92 Å². The Morgan fingerprint density at radius 1 is 1.13 bits per heavy atom. The number of sulfonamides is 1. The number of hydrogen-bond donors (Lipinski definition) is 1. The van der Waals surface area contributed by atoms with Gasteiger partial charge >= 0.3 is 0 Å². The lowest BCUT2D eigenvalue weighted by atomic mass is 10.1. The summed E-state index contributed by atoms with van der Waals surface area (Å²) in [7, 11) is -2.28. The summed E-state index contributed by atoms with van der Waals surface area (Å²) in [6, 6.07) is 13.0. The van der Waals surface area contributed by atoms with Crippen LogP contribution in [-0.4, -0.2) is 51.0 Å². The largest absolute Gasteiger partial charge is 0.357 e. The predicted octanol–water partition coefficient (Wildman–Crippen LogP) is 2.58. The van der Waals surface area contributed by atoms with Gasteiger partial charge in [-0.3, -0.25) is 13.9 Å². The van der Waals surface area contributed by atoms with E-state index in [1.54, 1.807) is 25.1 Å². The SMILES string of the molecule is CNC(=O)[C@H](C)N(Cc1ccccc1C)C(=O)CN(c1cccc(Cl)c1)S(C)(=O)=O. The lowest BCUT2D eigenvalue weighted by Crippen LogP contribution is -2.50. The van der Waals surface area contributed by atoms with Crippen LogP contribution >= 0.6 is 11.6 Å². The molecule has 2 aromatic rings. The average Bonchev–Trinajstić information content (AvgIpc) is 2.69. The average molecular weight is 452 g/mol. The number of halogens is 1. The number of hydrogen-bond acceptors (Lipinski definition) is 4. The first kappa shape index (κ1) is 23.7. The third kappa shape index (κ3) is 5.96. The van der Waals surface area contributed by atoms with Gasteiger partial charge in [-0.2, -0.15) is 0 Å². The summed E-state index contributed by atoms with van der Waals surface area (Å²) in [5.74, 6) is -0.842. The molecule has 1 N–H and O–H groups in total. The second kappa shape index (κ2) is 9.95. The number of amides is 2. The third-order valence-electron chi connectivity index (χ3n) is 4.79. The molecule has 2 rings (SSSR count). The van der Waals surface area contributed by atoms with Gasteiger partial charge in [0.15, 0.2) is 0 Å². The van der Waals surface area contributed by atoms with Crippen LogP contribution in [0.5, 0.6) is 0 Å². The summed E-state index contributed by atoms with van der Waals surface area (Å²) in [4.78, 5) is 26.9. The lowest BCUT2D eigenvalue weighted by molar-refractivity contribution is -0.139. The fraction of sp³-hybridized carbons (Fsp3) is 0.333. The van der Waals surface area contributed by atoms with E-state index < -0.39 is 28.5 Å². The van der Waals surface area contributed by atoms with Gasteiger partial charge in [0.25, 0.3) is 0 Å². The van der Waals surface area contributed by atoms with E-state index in [4.69, 9.17) is 11.6 Å². The minimum Gasteiger partial charge on any atom is -0.357 e. The Bertz CT molecular complexity index is 1030. The van der Waals surface area contributed by atoms with E-state index in [1.807, 2.05) is 31.2 Å². The molecule has 7 nitrogen and oxygen atoms in total. The van der Waals surface area contributed by atoms with Crippen LogP contribution in [0.4, 0.5) is 5.69 Å². The van der Waals surface area contributed by atoms with Crippen molar-refractivity contribution in [3.63, 3.8) is 0 Å². The zero-order valence-electron chi connectivity index (χ0n) is 17.4. The molecule has 162 valence electrons. The van der Waals surface area contributed by atoms with Crippen LogP contribution in [-0.2, 0) is 26.2 Å². The predicted molar refractivity (Wildman–Crippen MR) is 119 cm³/mol. The number of anilines is 1. The number of carbonyl (C=O) groups is 2. The van der Waals surface area contributed by atoms with Crippen LogP contribution in [0.2, 0.25) is 5.02 Å². The van der Waals surface area contributed by atoms with Crippen LogP contribution in [0.3, 0.4) is 0 Å². The van der Waals surface area contributed by atoms with Crippen LogP contribution in [0.15, 0.2) is 48.5 Å².